The quantitative estimate of drug-likeness (QED) is 0.757. The van der Waals surface area contributed by atoms with Crippen LogP contribution in [0.1, 0.15) is 11.1 Å². The summed E-state index contributed by atoms with van der Waals surface area (Å²) in [7, 11) is 0. The van der Waals surface area contributed by atoms with E-state index in [1.165, 1.54) is 22.0 Å². The Labute approximate surface area is 113 Å². The van der Waals surface area contributed by atoms with Gasteiger partial charge in [0.05, 0.1) is 0 Å². The Bertz CT molecular complexity index is 668. The molecule has 2 N–H and O–H groups in total. The zero-order valence-electron chi connectivity index (χ0n) is 10.9. The highest BCUT2D eigenvalue weighted by Crippen LogP contribution is 2.19. The van der Waals surface area contributed by atoms with Crippen molar-refractivity contribution in [3.63, 3.8) is 0 Å². The van der Waals surface area contributed by atoms with Gasteiger partial charge in [0.1, 0.15) is 0 Å². The van der Waals surface area contributed by atoms with Gasteiger partial charge in [-0.3, -0.25) is 0 Å². The molecule has 0 aliphatic rings. The molecule has 0 aliphatic carbocycles. The van der Waals surface area contributed by atoms with Crippen LogP contribution < -0.4 is 5.73 Å². The molecular formula is C17H18N2. The smallest absolute Gasteiger partial charge is 0.0483 e. The highest BCUT2D eigenvalue weighted by atomic mass is 14.9. The molecule has 2 heteroatoms. The normalized spacial score (nSPS) is 11.0. The van der Waals surface area contributed by atoms with Crippen LogP contribution in [-0.2, 0) is 13.0 Å². The second kappa shape index (κ2) is 5.29. The zero-order valence-corrected chi connectivity index (χ0v) is 10.9. The lowest BCUT2D eigenvalue weighted by Gasteiger charge is -2.06. The fraction of sp³-hybridized carbons (Fsp3) is 0.176. The van der Waals surface area contributed by atoms with E-state index in [9.17, 15) is 0 Å². The van der Waals surface area contributed by atoms with Crippen molar-refractivity contribution < 1.29 is 0 Å². The van der Waals surface area contributed by atoms with Gasteiger partial charge < -0.3 is 10.3 Å². The summed E-state index contributed by atoms with van der Waals surface area (Å²) in [6.07, 6.45) is 3.10. The molecule has 0 aliphatic heterocycles. The maximum absolute atomic E-state index is 5.61. The van der Waals surface area contributed by atoms with E-state index in [2.05, 4.69) is 65.4 Å². The summed E-state index contributed by atoms with van der Waals surface area (Å²) in [6.45, 7) is 1.62. The molecule has 0 bridgehead atoms. The molecule has 0 saturated carbocycles. The molecule has 2 aromatic carbocycles. The molecule has 0 spiro atoms. The highest BCUT2D eigenvalue weighted by molar-refractivity contribution is 5.81. The molecular weight excluding hydrogens is 232 g/mol. The predicted molar refractivity (Wildman–Crippen MR) is 80.2 cm³/mol. The zero-order chi connectivity index (χ0) is 13.1. The Morgan fingerprint density at radius 2 is 1.74 bits per heavy atom. The highest BCUT2D eigenvalue weighted by Gasteiger charge is 2.02. The monoisotopic (exact) mass is 250 g/mol. The Balaban J connectivity index is 1.93. The standard InChI is InChI=1S/C17H18N2/c18-10-8-14-6-7-17-16(12-14)9-11-19(17)13-15-4-2-1-3-5-15/h1-7,9,11-12H,8,10,13,18H2. The molecule has 2 nitrogen and oxygen atoms in total. The van der Waals surface area contributed by atoms with Gasteiger partial charge >= 0.3 is 0 Å². The minimum atomic E-state index is 0.705. The summed E-state index contributed by atoms with van der Waals surface area (Å²) < 4.78 is 2.29. The number of rotatable bonds is 4. The van der Waals surface area contributed by atoms with Crippen molar-refractivity contribution in [2.75, 3.05) is 6.54 Å². The third-order valence-corrected chi connectivity index (χ3v) is 3.46. The molecule has 3 rings (SSSR count). The Morgan fingerprint density at radius 3 is 2.53 bits per heavy atom. The molecule has 0 unspecified atom stereocenters. The molecule has 1 aromatic heterocycles. The van der Waals surface area contributed by atoms with Crippen LogP contribution in [0.5, 0.6) is 0 Å². The number of aromatic nitrogens is 1. The largest absolute Gasteiger partial charge is 0.343 e. The number of hydrogen-bond donors (Lipinski definition) is 1. The van der Waals surface area contributed by atoms with E-state index >= 15 is 0 Å². The summed E-state index contributed by atoms with van der Waals surface area (Å²) in [5.41, 5.74) is 9.53. The first kappa shape index (κ1) is 12.0. The lowest BCUT2D eigenvalue weighted by Crippen LogP contribution is -2.02. The van der Waals surface area contributed by atoms with E-state index in [-0.39, 0.29) is 0 Å². The van der Waals surface area contributed by atoms with Crippen LogP contribution in [0.15, 0.2) is 60.8 Å². The average molecular weight is 250 g/mol. The van der Waals surface area contributed by atoms with Gasteiger partial charge in [-0.15, -0.1) is 0 Å². The van der Waals surface area contributed by atoms with Crippen LogP contribution in [0.2, 0.25) is 0 Å². The van der Waals surface area contributed by atoms with Crippen molar-refractivity contribution in [1.82, 2.24) is 4.57 Å². The topological polar surface area (TPSA) is 30.9 Å². The fourth-order valence-electron chi connectivity index (χ4n) is 2.49. The Hall–Kier alpha value is -2.06. The fourth-order valence-corrected chi connectivity index (χ4v) is 2.49. The maximum atomic E-state index is 5.61. The van der Waals surface area contributed by atoms with E-state index in [1.54, 1.807) is 0 Å². The van der Waals surface area contributed by atoms with Crippen molar-refractivity contribution in [2.24, 2.45) is 5.73 Å². The van der Waals surface area contributed by atoms with E-state index in [1.807, 2.05) is 0 Å². The van der Waals surface area contributed by atoms with Gasteiger partial charge in [-0.2, -0.15) is 0 Å². The molecule has 0 fully saturated rings. The number of nitrogens with two attached hydrogens (primary N) is 1. The summed E-state index contributed by atoms with van der Waals surface area (Å²) in [5.74, 6) is 0. The van der Waals surface area contributed by atoms with Crippen molar-refractivity contribution in [1.29, 1.82) is 0 Å². The van der Waals surface area contributed by atoms with Crippen molar-refractivity contribution >= 4 is 10.9 Å². The van der Waals surface area contributed by atoms with E-state index < -0.39 is 0 Å². The molecule has 3 aromatic rings. The van der Waals surface area contributed by atoms with Gasteiger partial charge in [0, 0.05) is 18.3 Å². The number of hydrogen-bond acceptors (Lipinski definition) is 1. The third-order valence-electron chi connectivity index (χ3n) is 3.46. The number of benzene rings is 2. The SMILES string of the molecule is NCCc1ccc2c(ccn2Cc2ccccc2)c1. The van der Waals surface area contributed by atoms with Crippen LogP contribution in [-0.4, -0.2) is 11.1 Å². The molecule has 96 valence electrons. The number of nitrogens with zero attached hydrogens (tertiary/aromatic N) is 1. The average Bonchev–Trinajstić information content (AvgIpc) is 2.83. The second-order valence-corrected chi connectivity index (χ2v) is 4.86. The second-order valence-electron chi connectivity index (χ2n) is 4.86. The molecule has 0 amide bonds. The van der Waals surface area contributed by atoms with Crippen LogP contribution in [0.3, 0.4) is 0 Å². The summed E-state index contributed by atoms with van der Waals surface area (Å²) >= 11 is 0. The lowest BCUT2D eigenvalue weighted by atomic mass is 10.1. The maximum Gasteiger partial charge on any atom is 0.0483 e. The molecule has 1 heterocycles. The Morgan fingerprint density at radius 1 is 0.895 bits per heavy atom. The number of fused-ring (bicyclic) bond motifs is 1. The van der Waals surface area contributed by atoms with Crippen LogP contribution in [0.4, 0.5) is 0 Å². The minimum absolute atomic E-state index is 0.705. The van der Waals surface area contributed by atoms with Crippen molar-refractivity contribution in [3.05, 3.63) is 71.9 Å². The molecule has 0 saturated heterocycles. The molecule has 0 atom stereocenters. The minimum Gasteiger partial charge on any atom is -0.343 e. The first-order chi connectivity index (χ1) is 9.36. The van der Waals surface area contributed by atoms with Crippen LogP contribution >= 0.6 is 0 Å². The first-order valence-electron chi connectivity index (χ1n) is 6.68. The van der Waals surface area contributed by atoms with Crippen LogP contribution in [0, 0.1) is 0 Å². The van der Waals surface area contributed by atoms with Gasteiger partial charge in [-0.1, -0.05) is 36.4 Å². The van der Waals surface area contributed by atoms with E-state index in [0.717, 1.165) is 13.0 Å². The predicted octanol–water partition coefficient (Wildman–Crippen LogP) is 3.19. The van der Waals surface area contributed by atoms with Crippen molar-refractivity contribution in [2.45, 2.75) is 13.0 Å². The van der Waals surface area contributed by atoms with Crippen LogP contribution in [0.25, 0.3) is 10.9 Å². The van der Waals surface area contributed by atoms with Gasteiger partial charge in [0.2, 0.25) is 0 Å². The van der Waals surface area contributed by atoms with Gasteiger partial charge in [-0.05, 0) is 47.7 Å². The third kappa shape index (κ3) is 2.54. The summed E-state index contributed by atoms with van der Waals surface area (Å²) in [5, 5.41) is 1.29. The van der Waals surface area contributed by atoms with Gasteiger partial charge in [0.25, 0.3) is 0 Å². The first-order valence-corrected chi connectivity index (χ1v) is 6.68. The molecule has 19 heavy (non-hydrogen) atoms. The van der Waals surface area contributed by atoms with E-state index in [0.29, 0.717) is 6.54 Å². The Kier molecular flexibility index (Phi) is 3.34. The van der Waals surface area contributed by atoms with Gasteiger partial charge in [0.15, 0.2) is 0 Å². The van der Waals surface area contributed by atoms with Gasteiger partial charge in [-0.25, -0.2) is 0 Å². The van der Waals surface area contributed by atoms with E-state index in [4.69, 9.17) is 5.73 Å². The van der Waals surface area contributed by atoms with Crippen molar-refractivity contribution in [3.8, 4) is 0 Å². The lowest BCUT2D eigenvalue weighted by molar-refractivity contribution is 0.836. The summed E-state index contributed by atoms with van der Waals surface area (Å²) in [4.78, 5) is 0. The molecule has 0 radical (unpaired) electrons. The summed E-state index contributed by atoms with van der Waals surface area (Å²) in [6, 6.07) is 19.3.